The molecule has 1 aromatic carbocycles. The molecule has 0 aromatic heterocycles. The average molecular weight is 284 g/mol. The zero-order valence-corrected chi connectivity index (χ0v) is 8.91. The number of hydrogen-bond donors (Lipinski definition) is 0. The maximum atomic E-state index is 12.1. The lowest BCUT2D eigenvalue weighted by Crippen LogP contribution is -2.19. The molecule has 0 unspecified atom stereocenters. The molecule has 0 bridgehead atoms. The molecule has 0 N–H and O–H groups in total. The van der Waals surface area contributed by atoms with Gasteiger partial charge >= 0.3 is 13.0 Å². The Morgan fingerprint density at radius 3 is 2.05 bits per heavy atom. The summed E-state index contributed by atoms with van der Waals surface area (Å²) in [4.78, 5) is 21.1. The molecule has 0 heterocycles. The first-order valence-electron chi connectivity index (χ1n) is 4.55. The second kappa shape index (κ2) is 5.63. The molecule has 104 valence electrons. The number of ether oxygens (including phenoxy) is 2. The minimum Gasteiger partial charge on any atom is -0.434 e. The van der Waals surface area contributed by atoms with Crippen LogP contribution in [0.3, 0.4) is 0 Å². The smallest absolute Gasteiger partial charge is 0.434 e. The fourth-order valence-electron chi connectivity index (χ4n) is 1.21. The molecule has 0 aliphatic rings. The van der Waals surface area contributed by atoms with Crippen LogP contribution < -0.4 is 9.47 Å². The molecule has 1 rings (SSSR count). The molecule has 0 aliphatic carbocycles. The summed E-state index contributed by atoms with van der Waals surface area (Å²) < 4.78 is 67.7. The summed E-state index contributed by atoms with van der Waals surface area (Å²) in [7, 11) is 0. The van der Waals surface area contributed by atoms with E-state index in [1.165, 1.54) is 0 Å². The summed E-state index contributed by atoms with van der Waals surface area (Å²) in [5, 5.41) is 0. The molecular weight excluding hydrogens is 279 g/mol. The minimum atomic E-state index is -5.15. The van der Waals surface area contributed by atoms with Gasteiger partial charge in [0.25, 0.3) is 0 Å². The van der Waals surface area contributed by atoms with Crippen LogP contribution in [0.5, 0.6) is 11.5 Å². The zero-order valence-electron chi connectivity index (χ0n) is 8.91. The van der Waals surface area contributed by atoms with Crippen LogP contribution in [0.1, 0.15) is 20.7 Å². The number of carbonyl (C=O) groups excluding carboxylic acids is 2. The highest BCUT2D eigenvalue weighted by Crippen LogP contribution is 2.33. The van der Waals surface area contributed by atoms with Gasteiger partial charge in [-0.1, -0.05) is 0 Å². The van der Waals surface area contributed by atoms with E-state index in [-0.39, 0.29) is 12.6 Å². The van der Waals surface area contributed by atoms with Crippen molar-refractivity contribution in [2.45, 2.75) is 13.0 Å². The van der Waals surface area contributed by atoms with Gasteiger partial charge in [0, 0.05) is 5.56 Å². The Bertz CT molecular complexity index is 484. The van der Waals surface area contributed by atoms with Gasteiger partial charge in [0.2, 0.25) is 0 Å². The fraction of sp³-hybridized carbons (Fsp3) is 0.200. The molecule has 0 radical (unpaired) electrons. The maximum absolute atomic E-state index is 12.1. The highest BCUT2D eigenvalue weighted by molar-refractivity contribution is 5.87. The van der Waals surface area contributed by atoms with Crippen LogP contribution >= 0.6 is 0 Å². The first kappa shape index (κ1) is 14.9. The van der Waals surface area contributed by atoms with Crippen LogP contribution in [0.25, 0.3) is 0 Å². The fourth-order valence-corrected chi connectivity index (χ4v) is 1.21. The van der Waals surface area contributed by atoms with Crippen LogP contribution in [-0.4, -0.2) is 25.5 Å². The summed E-state index contributed by atoms with van der Waals surface area (Å²) in [6.45, 7) is -3.38. The van der Waals surface area contributed by atoms with Crippen molar-refractivity contribution in [3.8, 4) is 11.5 Å². The molecule has 0 saturated heterocycles. The van der Waals surface area contributed by atoms with E-state index in [1.807, 2.05) is 0 Å². The van der Waals surface area contributed by atoms with E-state index in [4.69, 9.17) is 0 Å². The summed E-state index contributed by atoms with van der Waals surface area (Å²) in [5.41, 5.74) is -1.29. The quantitative estimate of drug-likeness (QED) is 0.616. The van der Waals surface area contributed by atoms with Crippen molar-refractivity contribution < 1.29 is 41.0 Å². The number of halogens is 5. The van der Waals surface area contributed by atoms with Gasteiger partial charge in [0.05, 0.1) is 5.56 Å². The van der Waals surface area contributed by atoms with E-state index in [2.05, 4.69) is 9.47 Å². The molecule has 4 nitrogen and oxygen atoms in total. The third kappa shape index (κ3) is 4.19. The van der Waals surface area contributed by atoms with Gasteiger partial charge in [-0.05, 0) is 12.1 Å². The molecule has 0 aliphatic heterocycles. The van der Waals surface area contributed by atoms with Crippen LogP contribution in [0, 0.1) is 0 Å². The minimum absolute atomic E-state index is 0.0934. The zero-order chi connectivity index (χ0) is 14.6. The van der Waals surface area contributed by atoms with E-state index >= 15 is 0 Å². The number of carbonyl (C=O) groups is 2. The molecule has 19 heavy (non-hydrogen) atoms. The predicted molar refractivity (Wildman–Crippen MR) is 50.5 cm³/mol. The van der Waals surface area contributed by atoms with Crippen molar-refractivity contribution in [3.63, 3.8) is 0 Å². The Hall–Kier alpha value is -2.19. The SMILES string of the molecule is O=Cc1cc(OC(F)F)c(C=O)c(OC(F)(F)F)c1. The van der Waals surface area contributed by atoms with Crippen LogP contribution in [0.2, 0.25) is 0 Å². The summed E-state index contributed by atoms with van der Waals surface area (Å²) in [6.07, 6.45) is -5.20. The topological polar surface area (TPSA) is 52.6 Å². The second-order valence-electron chi connectivity index (χ2n) is 3.09. The van der Waals surface area contributed by atoms with Crippen molar-refractivity contribution in [2.24, 2.45) is 0 Å². The van der Waals surface area contributed by atoms with Crippen LogP contribution in [-0.2, 0) is 0 Å². The molecule has 0 spiro atoms. The Morgan fingerprint density at radius 2 is 1.63 bits per heavy atom. The molecule has 0 amide bonds. The second-order valence-corrected chi connectivity index (χ2v) is 3.09. The highest BCUT2D eigenvalue weighted by Gasteiger charge is 2.33. The monoisotopic (exact) mass is 284 g/mol. The first-order chi connectivity index (χ1) is 8.76. The van der Waals surface area contributed by atoms with E-state index in [0.29, 0.717) is 12.1 Å². The number of rotatable bonds is 5. The van der Waals surface area contributed by atoms with Gasteiger partial charge in [-0.2, -0.15) is 8.78 Å². The van der Waals surface area contributed by atoms with Crippen LogP contribution in [0.4, 0.5) is 22.0 Å². The molecule has 0 atom stereocenters. The van der Waals surface area contributed by atoms with Gasteiger partial charge in [0.1, 0.15) is 17.8 Å². The van der Waals surface area contributed by atoms with Gasteiger partial charge in [-0.15, -0.1) is 13.2 Å². The van der Waals surface area contributed by atoms with E-state index in [0.717, 1.165) is 0 Å². The lowest BCUT2D eigenvalue weighted by atomic mass is 10.1. The lowest BCUT2D eigenvalue weighted by Gasteiger charge is -2.14. The standard InChI is InChI=1S/C10H5F5O4/c11-9(12)18-7-1-5(3-16)2-8(6(7)4-17)19-10(13,14)15/h1-4,9H. The van der Waals surface area contributed by atoms with Crippen molar-refractivity contribution in [1.29, 1.82) is 0 Å². The largest absolute Gasteiger partial charge is 0.573 e. The maximum Gasteiger partial charge on any atom is 0.573 e. The van der Waals surface area contributed by atoms with E-state index in [9.17, 15) is 31.5 Å². The summed E-state index contributed by atoms with van der Waals surface area (Å²) >= 11 is 0. The van der Waals surface area contributed by atoms with Crippen molar-refractivity contribution in [1.82, 2.24) is 0 Å². The van der Waals surface area contributed by atoms with Gasteiger partial charge in [-0.3, -0.25) is 9.59 Å². The van der Waals surface area contributed by atoms with Gasteiger partial charge in [0.15, 0.2) is 6.29 Å². The average Bonchev–Trinajstić information content (AvgIpc) is 2.25. The molecule has 0 saturated carbocycles. The molecule has 9 heteroatoms. The van der Waals surface area contributed by atoms with Crippen molar-refractivity contribution in [2.75, 3.05) is 0 Å². The van der Waals surface area contributed by atoms with E-state index in [1.54, 1.807) is 0 Å². The lowest BCUT2D eigenvalue weighted by molar-refractivity contribution is -0.274. The number of aldehydes is 2. The molecular formula is C10H5F5O4. The predicted octanol–water partition coefficient (Wildman–Crippen LogP) is 2.81. The van der Waals surface area contributed by atoms with Gasteiger partial charge in [-0.25, -0.2) is 0 Å². The van der Waals surface area contributed by atoms with Gasteiger partial charge < -0.3 is 9.47 Å². The molecule has 1 aromatic rings. The van der Waals surface area contributed by atoms with Crippen molar-refractivity contribution >= 4 is 12.6 Å². The van der Waals surface area contributed by atoms with Crippen molar-refractivity contribution in [3.05, 3.63) is 23.3 Å². The Kier molecular flexibility index (Phi) is 4.41. The summed E-state index contributed by atoms with van der Waals surface area (Å²) in [6, 6.07) is 1.29. The first-order valence-corrected chi connectivity index (χ1v) is 4.55. The number of alkyl halides is 5. The highest BCUT2D eigenvalue weighted by atomic mass is 19.4. The molecule has 0 fully saturated rings. The normalized spacial score (nSPS) is 11.3. The third-order valence-electron chi connectivity index (χ3n) is 1.82. The van der Waals surface area contributed by atoms with E-state index < -0.39 is 35.6 Å². The Morgan fingerprint density at radius 1 is 1.05 bits per heavy atom. The number of hydrogen-bond acceptors (Lipinski definition) is 4. The third-order valence-corrected chi connectivity index (χ3v) is 1.82. The Labute approximate surface area is 102 Å². The number of benzene rings is 1. The van der Waals surface area contributed by atoms with Crippen LogP contribution in [0.15, 0.2) is 12.1 Å². The summed E-state index contributed by atoms with van der Waals surface area (Å²) in [5.74, 6) is -1.98. The Balaban J connectivity index is 3.34.